The number of halogens is 3. The third-order valence-corrected chi connectivity index (χ3v) is 6.32. The summed E-state index contributed by atoms with van der Waals surface area (Å²) in [6.45, 7) is 2.64. The topological polar surface area (TPSA) is 83.5 Å². The molecule has 28 heavy (non-hydrogen) atoms. The molecule has 0 radical (unpaired) electrons. The van der Waals surface area contributed by atoms with E-state index in [0.29, 0.717) is 0 Å². The molecule has 152 valence electrons. The van der Waals surface area contributed by atoms with Crippen LogP contribution < -0.4 is 5.32 Å². The number of amides is 1. The van der Waals surface area contributed by atoms with Crippen molar-refractivity contribution in [2.75, 3.05) is 6.54 Å². The van der Waals surface area contributed by atoms with Crippen LogP contribution in [0.2, 0.25) is 0 Å². The van der Waals surface area contributed by atoms with E-state index < -0.39 is 45.4 Å². The number of alkyl halides is 3. The van der Waals surface area contributed by atoms with Crippen molar-refractivity contribution < 1.29 is 31.5 Å². The number of carbonyl (C=O) groups is 1. The summed E-state index contributed by atoms with van der Waals surface area (Å²) in [7, 11) is -3.48. The number of hydrogen-bond donors (Lipinski definition) is 2. The Labute approximate surface area is 161 Å². The predicted molar refractivity (Wildman–Crippen MR) is 97.5 cm³/mol. The molecule has 0 aliphatic rings. The minimum Gasteiger partial charge on any atom is -0.387 e. The van der Waals surface area contributed by atoms with Gasteiger partial charge in [0.05, 0.1) is 21.8 Å². The lowest BCUT2D eigenvalue weighted by atomic mass is 10.0. The van der Waals surface area contributed by atoms with E-state index >= 15 is 0 Å². The summed E-state index contributed by atoms with van der Waals surface area (Å²) in [6, 6.07) is 9.77. The van der Waals surface area contributed by atoms with Crippen LogP contribution in [0.25, 0.3) is 0 Å². The number of aliphatic hydroxyl groups excluding tert-OH is 1. The molecule has 1 unspecified atom stereocenters. The van der Waals surface area contributed by atoms with E-state index in [1.807, 2.05) is 0 Å². The van der Waals surface area contributed by atoms with Crippen LogP contribution >= 0.6 is 0 Å². The monoisotopic (exact) mass is 415 g/mol. The molecule has 0 heterocycles. The Hall–Kier alpha value is -2.39. The highest BCUT2D eigenvalue weighted by molar-refractivity contribution is 7.92. The highest BCUT2D eigenvalue weighted by atomic mass is 32.2. The molecule has 0 bridgehead atoms. The van der Waals surface area contributed by atoms with Crippen LogP contribution in [0, 0.1) is 0 Å². The van der Waals surface area contributed by atoms with Crippen molar-refractivity contribution in [2.24, 2.45) is 0 Å². The molecule has 9 heteroatoms. The quantitative estimate of drug-likeness (QED) is 0.758. The number of hydrogen-bond acceptors (Lipinski definition) is 4. The van der Waals surface area contributed by atoms with Crippen LogP contribution in [0.1, 0.15) is 41.4 Å². The summed E-state index contributed by atoms with van der Waals surface area (Å²) in [4.78, 5) is 12.2. The Morgan fingerprint density at radius 3 is 2.18 bits per heavy atom. The van der Waals surface area contributed by atoms with Gasteiger partial charge in [-0.15, -0.1) is 0 Å². The number of carbonyl (C=O) groups excluding carboxylic acids is 1. The maximum atomic E-state index is 13.0. The van der Waals surface area contributed by atoms with Crippen LogP contribution in [0.3, 0.4) is 0 Å². The summed E-state index contributed by atoms with van der Waals surface area (Å²) in [6.07, 6.45) is -6.18. The Morgan fingerprint density at radius 2 is 1.64 bits per heavy atom. The Bertz CT molecular complexity index is 938. The van der Waals surface area contributed by atoms with Gasteiger partial charge in [-0.1, -0.05) is 18.2 Å². The molecule has 1 atom stereocenters. The fraction of sp³-hybridized carbons (Fsp3) is 0.316. The molecule has 0 spiro atoms. The molecule has 5 nitrogen and oxygen atoms in total. The van der Waals surface area contributed by atoms with Crippen molar-refractivity contribution in [1.82, 2.24) is 5.32 Å². The zero-order valence-corrected chi connectivity index (χ0v) is 16.0. The lowest BCUT2D eigenvalue weighted by molar-refractivity contribution is -0.139. The first-order valence-electron chi connectivity index (χ1n) is 8.41. The largest absolute Gasteiger partial charge is 0.416 e. The zero-order valence-electron chi connectivity index (χ0n) is 15.2. The number of benzene rings is 2. The second-order valence-electron chi connectivity index (χ2n) is 6.43. The predicted octanol–water partition coefficient (Wildman–Crippen LogP) is 3.35. The second-order valence-corrected chi connectivity index (χ2v) is 8.93. The standard InChI is InChI=1S/C19H20F3NO4S/c1-12(2)28(26,27)14-9-7-13(8-10-14)18(25)23-11-17(24)15-5-3-4-6-16(15)19(20,21)22/h3-10,12,17,24H,11H2,1-2H3,(H,23,25). The highest BCUT2D eigenvalue weighted by Crippen LogP contribution is 2.34. The second kappa shape index (κ2) is 8.32. The van der Waals surface area contributed by atoms with Crippen LogP contribution in [0.5, 0.6) is 0 Å². The molecular weight excluding hydrogens is 395 g/mol. The molecule has 2 rings (SSSR count). The van der Waals surface area contributed by atoms with Crippen LogP contribution in [0.4, 0.5) is 13.2 Å². The number of aliphatic hydroxyl groups is 1. The van der Waals surface area contributed by atoms with Gasteiger partial charge in [0, 0.05) is 12.1 Å². The van der Waals surface area contributed by atoms with Crippen molar-refractivity contribution in [3.63, 3.8) is 0 Å². The van der Waals surface area contributed by atoms with Gasteiger partial charge in [0.25, 0.3) is 5.91 Å². The highest BCUT2D eigenvalue weighted by Gasteiger charge is 2.34. The molecule has 0 fully saturated rings. The number of nitrogens with one attached hydrogen (secondary N) is 1. The summed E-state index contributed by atoms with van der Waals surface area (Å²) in [5.41, 5.74) is -1.19. The van der Waals surface area contributed by atoms with E-state index in [2.05, 4.69) is 5.32 Å². The van der Waals surface area contributed by atoms with Gasteiger partial charge in [-0.25, -0.2) is 8.42 Å². The van der Waals surface area contributed by atoms with E-state index in [9.17, 15) is 31.5 Å². The van der Waals surface area contributed by atoms with Gasteiger partial charge < -0.3 is 10.4 Å². The fourth-order valence-corrected chi connectivity index (χ4v) is 3.58. The molecule has 2 aromatic rings. The maximum absolute atomic E-state index is 13.0. The molecule has 2 N–H and O–H groups in total. The minimum absolute atomic E-state index is 0.0678. The van der Waals surface area contributed by atoms with E-state index in [0.717, 1.165) is 12.1 Å². The van der Waals surface area contributed by atoms with E-state index in [-0.39, 0.29) is 16.0 Å². The van der Waals surface area contributed by atoms with Crippen molar-refractivity contribution in [2.45, 2.75) is 36.3 Å². The molecule has 1 amide bonds. The van der Waals surface area contributed by atoms with Gasteiger partial charge in [-0.2, -0.15) is 13.2 Å². The lowest BCUT2D eigenvalue weighted by Gasteiger charge is -2.18. The minimum atomic E-state index is -4.63. The third-order valence-electron chi connectivity index (χ3n) is 4.15. The van der Waals surface area contributed by atoms with Crippen molar-refractivity contribution in [1.29, 1.82) is 0 Å². The van der Waals surface area contributed by atoms with Gasteiger partial charge in [0.2, 0.25) is 0 Å². The summed E-state index contributed by atoms with van der Waals surface area (Å²) < 4.78 is 63.2. The maximum Gasteiger partial charge on any atom is 0.416 e. The Balaban J connectivity index is 2.09. The summed E-state index contributed by atoms with van der Waals surface area (Å²) in [5.74, 6) is -0.642. The third kappa shape index (κ3) is 4.90. The first-order valence-corrected chi connectivity index (χ1v) is 9.95. The Morgan fingerprint density at radius 1 is 1.07 bits per heavy atom. The first-order chi connectivity index (χ1) is 12.9. The van der Waals surface area contributed by atoms with Crippen LogP contribution in [-0.4, -0.2) is 31.2 Å². The normalized spacial score (nSPS) is 13.4. The molecule has 0 aliphatic heterocycles. The van der Waals surface area contributed by atoms with Gasteiger partial charge in [0.15, 0.2) is 9.84 Å². The smallest absolute Gasteiger partial charge is 0.387 e. The van der Waals surface area contributed by atoms with Crippen LogP contribution in [-0.2, 0) is 16.0 Å². The van der Waals surface area contributed by atoms with Gasteiger partial charge in [-0.3, -0.25) is 4.79 Å². The average molecular weight is 415 g/mol. The van der Waals surface area contributed by atoms with E-state index in [1.165, 1.54) is 50.2 Å². The SMILES string of the molecule is CC(C)S(=O)(=O)c1ccc(C(=O)NCC(O)c2ccccc2C(F)(F)F)cc1. The molecular formula is C19H20F3NO4S. The van der Waals surface area contributed by atoms with Gasteiger partial charge in [0.1, 0.15) is 0 Å². The van der Waals surface area contributed by atoms with Crippen molar-refractivity contribution in [3.05, 3.63) is 65.2 Å². The first kappa shape index (κ1) is 21.9. The molecule has 2 aromatic carbocycles. The van der Waals surface area contributed by atoms with Crippen LogP contribution in [0.15, 0.2) is 53.4 Å². The number of rotatable bonds is 6. The van der Waals surface area contributed by atoms with Crippen molar-refractivity contribution >= 4 is 15.7 Å². The van der Waals surface area contributed by atoms with Gasteiger partial charge in [-0.05, 0) is 49.7 Å². The average Bonchev–Trinajstić information content (AvgIpc) is 2.65. The zero-order chi connectivity index (χ0) is 21.1. The van der Waals surface area contributed by atoms with E-state index in [4.69, 9.17) is 0 Å². The summed E-state index contributed by atoms with van der Waals surface area (Å²) >= 11 is 0. The number of sulfone groups is 1. The molecule has 0 aliphatic carbocycles. The summed E-state index contributed by atoms with van der Waals surface area (Å²) in [5, 5.41) is 11.8. The van der Waals surface area contributed by atoms with E-state index in [1.54, 1.807) is 0 Å². The fourth-order valence-electron chi connectivity index (χ4n) is 2.52. The molecule has 0 saturated carbocycles. The van der Waals surface area contributed by atoms with Gasteiger partial charge >= 0.3 is 6.18 Å². The van der Waals surface area contributed by atoms with Crippen molar-refractivity contribution in [3.8, 4) is 0 Å². The lowest BCUT2D eigenvalue weighted by Crippen LogP contribution is -2.29. The molecule has 0 saturated heterocycles. The molecule has 0 aromatic heterocycles. The Kier molecular flexibility index (Phi) is 6.51.